The predicted octanol–water partition coefficient (Wildman–Crippen LogP) is 12.7. The first-order chi connectivity index (χ1) is 23.1. The number of carbonyl (C=O) groups is 1. The molecule has 0 aromatic rings. The highest BCUT2D eigenvalue weighted by Crippen LogP contribution is 2.67. The summed E-state index contributed by atoms with van der Waals surface area (Å²) in [6, 6.07) is 0. The molecule has 3 fully saturated rings. The van der Waals surface area contributed by atoms with Crippen LogP contribution < -0.4 is 0 Å². The second-order valence-corrected chi connectivity index (χ2v) is 17.8. The van der Waals surface area contributed by atoms with Crippen molar-refractivity contribution in [2.45, 2.75) is 195 Å². The van der Waals surface area contributed by atoms with Crippen molar-refractivity contribution in [2.75, 3.05) is 0 Å². The van der Waals surface area contributed by atoms with Crippen molar-refractivity contribution in [3.05, 3.63) is 36.0 Å². The second-order valence-electron chi connectivity index (χ2n) is 17.8. The third-order valence-corrected chi connectivity index (χ3v) is 14.0. The zero-order valence-corrected chi connectivity index (χ0v) is 32.3. The Morgan fingerprint density at radius 3 is 2.48 bits per heavy atom. The molecule has 48 heavy (non-hydrogen) atoms. The van der Waals surface area contributed by atoms with Gasteiger partial charge in [0.15, 0.2) is 0 Å². The number of aliphatic hydroxyl groups excluding tert-OH is 1. The van der Waals surface area contributed by atoms with Crippen LogP contribution in [0.5, 0.6) is 0 Å². The second kappa shape index (κ2) is 19.3. The third kappa shape index (κ3) is 10.6. The molecule has 3 heteroatoms. The molecule has 4 rings (SSSR count). The standard InChI is InChI=1S/C45H76O3/c1-7-8-16-22-37(46)23-17-14-12-10-9-11-13-15-18-24-43(47)48-38-29-31-44(5)36(33-38)25-26-39-41-28-27-40(35(4)21-19-20-34(2)3)45(41,6)32-30-42(39)44/h12,14,17,23,25,34-35,37-42,46H,7-11,13,15-16,18-22,24,26-33H2,1-6H3/b14-12?,23-17+/t35-,37+,38+,39+,40-,41+,42+,44+,45-/m1/s1. The normalized spacial score (nSPS) is 33.0. The first kappa shape index (κ1) is 39.4. The summed E-state index contributed by atoms with van der Waals surface area (Å²) in [5.41, 5.74) is 2.48. The molecule has 0 bridgehead atoms. The fourth-order valence-corrected chi connectivity index (χ4v) is 11.1. The van der Waals surface area contributed by atoms with Crippen molar-refractivity contribution < 1.29 is 14.6 Å². The van der Waals surface area contributed by atoms with Crippen LogP contribution in [0.25, 0.3) is 0 Å². The van der Waals surface area contributed by atoms with E-state index < -0.39 is 0 Å². The summed E-state index contributed by atoms with van der Waals surface area (Å²) in [6.45, 7) is 14.8. The molecule has 4 aliphatic carbocycles. The van der Waals surface area contributed by atoms with E-state index in [-0.39, 0.29) is 18.2 Å². The number of hydrogen-bond acceptors (Lipinski definition) is 3. The minimum absolute atomic E-state index is 0.0254. The zero-order valence-electron chi connectivity index (χ0n) is 32.3. The van der Waals surface area contributed by atoms with Crippen molar-refractivity contribution in [1.82, 2.24) is 0 Å². The predicted molar refractivity (Wildman–Crippen MR) is 204 cm³/mol. The summed E-state index contributed by atoms with van der Waals surface area (Å²) >= 11 is 0. The summed E-state index contributed by atoms with van der Waals surface area (Å²) in [7, 11) is 0. The van der Waals surface area contributed by atoms with Crippen molar-refractivity contribution in [3.63, 3.8) is 0 Å². The molecule has 3 saturated carbocycles. The molecule has 0 aromatic heterocycles. The molecular formula is C45H76O3. The average Bonchev–Trinajstić information content (AvgIpc) is 3.41. The van der Waals surface area contributed by atoms with Crippen LogP contribution in [-0.4, -0.2) is 23.3 Å². The maximum Gasteiger partial charge on any atom is 0.306 e. The Morgan fingerprint density at radius 1 is 0.896 bits per heavy atom. The van der Waals surface area contributed by atoms with Gasteiger partial charge in [-0.1, -0.05) is 135 Å². The monoisotopic (exact) mass is 665 g/mol. The van der Waals surface area contributed by atoms with E-state index in [2.05, 4.69) is 59.8 Å². The highest BCUT2D eigenvalue weighted by atomic mass is 16.5. The summed E-state index contributed by atoms with van der Waals surface area (Å²) in [4.78, 5) is 12.8. The van der Waals surface area contributed by atoms with Crippen molar-refractivity contribution in [1.29, 1.82) is 0 Å². The first-order valence-electron chi connectivity index (χ1n) is 21.0. The van der Waals surface area contributed by atoms with Gasteiger partial charge in [0, 0.05) is 12.8 Å². The van der Waals surface area contributed by atoms with E-state index in [0.717, 1.165) is 80.5 Å². The lowest BCUT2D eigenvalue weighted by molar-refractivity contribution is -0.151. The molecule has 9 atom stereocenters. The number of fused-ring (bicyclic) bond motifs is 5. The van der Waals surface area contributed by atoms with Crippen LogP contribution in [0.15, 0.2) is 36.0 Å². The number of hydrogen-bond donors (Lipinski definition) is 1. The fraction of sp³-hybridized carbons (Fsp3) is 0.844. The Hall–Kier alpha value is -1.35. The van der Waals surface area contributed by atoms with Crippen molar-refractivity contribution in [2.24, 2.45) is 46.3 Å². The van der Waals surface area contributed by atoms with Crippen LogP contribution >= 0.6 is 0 Å². The van der Waals surface area contributed by atoms with Gasteiger partial charge in [-0.25, -0.2) is 0 Å². The van der Waals surface area contributed by atoms with Gasteiger partial charge in [-0.3, -0.25) is 4.79 Å². The number of unbranched alkanes of at least 4 members (excludes halogenated alkanes) is 7. The summed E-state index contributed by atoms with van der Waals surface area (Å²) in [5.74, 6) is 5.22. The van der Waals surface area contributed by atoms with Crippen molar-refractivity contribution in [3.8, 4) is 0 Å². The molecule has 0 heterocycles. The Bertz CT molecular complexity index is 1050. The number of aliphatic hydroxyl groups is 1. The Morgan fingerprint density at radius 2 is 1.69 bits per heavy atom. The Kier molecular flexibility index (Phi) is 15.9. The van der Waals surface area contributed by atoms with Crippen LogP contribution in [0, 0.1) is 46.3 Å². The first-order valence-corrected chi connectivity index (χ1v) is 21.0. The molecule has 0 amide bonds. The smallest absolute Gasteiger partial charge is 0.306 e. The van der Waals surface area contributed by atoms with E-state index in [1.54, 1.807) is 5.57 Å². The van der Waals surface area contributed by atoms with Crippen LogP contribution in [0.4, 0.5) is 0 Å². The number of rotatable bonds is 20. The maximum absolute atomic E-state index is 12.8. The number of esters is 1. The molecule has 3 nitrogen and oxygen atoms in total. The van der Waals surface area contributed by atoms with E-state index in [9.17, 15) is 9.90 Å². The minimum Gasteiger partial charge on any atom is -0.462 e. The summed E-state index contributed by atoms with van der Waals surface area (Å²) < 4.78 is 6.11. The third-order valence-electron chi connectivity index (χ3n) is 14.0. The van der Waals surface area contributed by atoms with E-state index in [0.29, 0.717) is 17.3 Å². The Labute approximate surface area is 297 Å². The van der Waals surface area contributed by atoms with Gasteiger partial charge in [0.25, 0.3) is 0 Å². The van der Waals surface area contributed by atoms with Crippen LogP contribution in [0.1, 0.15) is 183 Å². The van der Waals surface area contributed by atoms with Gasteiger partial charge in [-0.15, -0.1) is 0 Å². The van der Waals surface area contributed by atoms with E-state index in [4.69, 9.17) is 4.74 Å². The molecule has 4 aliphatic rings. The summed E-state index contributed by atoms with van der Waals surface area (Å²) in [5, 5.41) is 9.95. The molecule has 1 N–H and O–H groups in total. The van der Waals surface area contributed by atoms with Crippen molar-refractivity contribution >= 4 is 5.97 Å². The van der Waals surface area contributed by atoms with Crippen LogP contribution in [0.2, 0.25) is 0 Å². The quantitative estimate of drug-likeness (QED) is 0.0610. The zero-order chi connectivity index (χ0) is 34.6. The number of ether oxygens (including phenoxy) is 1. The summed E-state index contributed by atoms with van der Waals surface area (Å²) in [6.07, 6.45) is 36.6. The SMILES string of the molecule is CCCCC[C@H](O)/C=C/C=CCCCCCCCC(=O)O[C@H]1CC[C@@]2(C)C(=CC[C@H]3[C@@H]4CC[C@H]([C@H](C)CCCC(C)C)[C@@]4(C)CC[C@@H]32)C1. The van der Waals surface area contributed by atoms with Crippen LogP contribution in [0.3, 0.4) is 0 Å². The van der Waals surface area contributed by atoms with Gasteiger partial charge in [0.2, 0.25) is 0 Å². The van der Waals surface area contributed by atoms with Gasteiger partial charge < -0.3 is 9.84 Å². The van der Waals surface area contributed by atoms with Gasteiger partial charge >= 0.3 is 5.97 Å². The largest absolute Gasteiger partial charge is 0.462 e. The van der Waals surface area contributed by atoms with Gasteiger partial charge in [-0.05, 0) is 117 Å². The lowest BCUT2D eigenvalue weighted by atomic mass is 9.47. The lowest BCUT2D eigenvalue weighted by Crippen LogP contribution is -2.51. The molecule has 0 unspecified atom stereocenters. The fourth-order valence-electron chi connectivity index (χ4n) is 11.1. The topological polar surface area (TPSA) is 46.5 Å². The van der Waals surface area contributed by atoms with E-state index in [1.165, 1.54) is 89.9 Å². The molecule has 0 aliphatic heterocycles. The van der Waals surface area contributed by atoms with E-state index >= 15 is 0 Å². The molecule has 0 aromatic carbocycles. The molecule has 0 saturated heterocycles. The molecule has 0 spiro atoms. The maximum atomic E-state index is 12.8. The van der Waals surface area contributed by atoms with E-state index in [1.807, 2.05) is 12.2 Å². The lowest BCUT2D eigenvalue weighted by Gasteiger charge is -2.58. The minimum atomic E-state index is -0.310. The Balaban J connectivity index is 1.13. The van der Waals surface area contributed by atoms with Crippen LogP contribution in [-0.2, 0) is 9.53 Å². The van der Waals surface area contributed by atoms with Gasteiger partial charge in [0.1, 0.15) is 6.10 Å². The molecule has 274 valence electrons. The molecular weight excluding hydrogens is 588 g/mol. The number of carbonyl (C=O) groups excluding carboxylic acids is 1. The van der Waals surface area contributed by atoms with Gasteiger partial charge in [-0.2, -0.15) is 0 Å². The highest BCUT2D eigenvalue weighted by Gasteiger charge is 2.59. The average molecular weight is 665 g/mol. The number of allylic oxidation sites excluding steroid dienone is 4. The van der Waals surface area contributed by atoms with Gasteiger partial charge in [0.05, 0.1) is 6.10 Å². The highest BCUT2D eigenvalue weighted by molar-refractivity contribution is 5.69. The molecule has 0 radical (unpaired) electrons.